The van der Waals surface area contributed by atoms with Crippen LogP contribution in [0.3, 0.4) is 0 Å². The molecule has 0 heterocycles. The van der Waals surface area contributed by atoms with Gasteiger partial charge in [-0.25, -0.2) is 0 Å². The Morgan fingerprint density at radius 3 is 2.33 bits per heavy atom. The number of hydrogen-bond donors (Lipinski definition) is 0. The summed E-state index contributed by atoms with van der Waals surface area (Å²) >= 11 is 0. The van der Waals surface area contributed by atoms with Crippen molar-refractivity contribution >= 4 is 0 Å². The van der Waals surface area contributed by atoms with E-state index in [-0.39, 0.29) is 0 Å². The molecular weight excluding hydrogens is 150 g/mol. The van der Waals surface area contributed by atoms with E-state index in [0.717, 1.165) is 5.57 Å². The van der Waals surface area contributed by atoms with Crippen LogP contribution in [0.1, 0.15) is 20.8 Å². The smallest absolute Gasteiger partial charge is 0.175 e. The van der Waals surface area contributed by atoms with Crippen molar-refractivity contribution in [3.8, 4) is 6.07 Å². The molecule has 0 aliphatic rings. The molecule has 1 atom stereocenters. The quantitative estimate of drug-likeness (QED) is 0.602. The summed E-state index contributed by atoms with van der Waals surface area (Å²) in [6.45, 7) is 9.40. The Balaban J connectivity index is 4.70. The van der Waals surface area contributed by atoms with Crippen molar-refractivity contribution in [1.29, 1.82) is 5.26 Å². The van der Waals surface area contributed by atoms with Crippen LogP contribution >= 0.6 is 0 Å². The van der Waals surface area contributed by atoms with Crippen molar-refractivity contribution in [2.24, 2.45) is 0 Å². The number of rotatable bonds is 3. The third-order valence-electron chi connectivity index (χ3n) is 1.70. The number of ether oxygens (including phenoxy) is 1. The second-order valence-corrected chi connectivity index (χ2v) is 3.10. The summed E-state index contributed by atoms with van der Waals surface area (Å²) in [5.74, 6) is 0. The van der Waals surface area contributed by atoms with E-state index in [1.807, 2.05) is 19.9 Å². The van der Waals surface area contributed by atoms with Gasteiger partial charge in [-0.1, -0.05) is 18.2 Å². The Bertz CT molecular complexity index is 243. The first-order valence-electron chi connectivity index (χ1n) is 3.77. The fraction of sp³-hybridized carbons (Fsp3) is 0.500. The highest BCUT2D eigenvalue weighted by Gasteiger charge is 2.24. The molecule has 0 N–H and O–H groups in total. The molecule has 2 heteroatoms. The van der Waals surface area contributed by atoms with Crippen LogP contribution in [0.2, 0.25) is 0 Å². The molecule has 1 unspecified atom stereocenters. The van der Waals surface area contributed by atoms with Crippen LogP contribution in [0.15, 0.2) is 23.8 Å². The van der Waals surface area contributed by atoms with Crippen molar-refractivity contribution in [1.82, 2.24) is 0 Å². The number of methoxy groups -OCH3 is 1. The summed E-state index contributed by atoms with van der Waals surface area (Å²) in [4.78, 5) is 0. The van der Waals surface area contributed by atoms with Gasteiger partial charge < -0.3 is 4.74 Å². The van der Waals surface area contributed by atoms with Crippen LogP contribution in [0.25, 0.3) is 0 Å². The lowest BCUT2D eigenvalue weighted by molar-refractivity contribution is 0.0902. The summed E-state index contributed by atoms with van der Waals surface area (Å²) in [5.41, 5.74) is 0.906. The maximum atomic E-state index is 8.80. The van der Waals surface area contributed by atoms with E-state index in [1.165, 1.54) is 7.11 Å². The fourth-order valence-electron chi connectivity index (χ4n) is 0.735. The zero-order valence-corrected chi connectivity index (χ0v) is 8.14. The molecule has 0 aromatic rings. The van der Waals surface area contributed by atoms with Gasteiger partial charge in [0.25, 0.3) is 0 Å². The van der Waals surface area contributed by atoms with Crippen molar-refractivity contribution in [2.45, 2.75) is 26.4 Å². The van der Waals surface area contributed by atoms with E-state index in [4.69, 9.17) is 10.00 Å². The molecule has 0 amide bonds. The Morgan fingerprint density at radius 2 is 2.08 bits per heavy atom. The Hall–Kier alpha value is -1.07. The number of allylic oxidation sites excluding steroid dienone is 1. The molecule has 0 aromatic carbocycles. The molecule has 0 spiro atoms. The van der Waals surface area contributed by atoms with Crippen molar-refractivity contribution in [2.75, 3.05) is 7.11 Å². The van der Waals surface area contributed by atoms with Gasteiger partial charge >= 0.3 is 0 Å². The molecule has 0 saturated heterocycles. The van der Waals surface area contributed by atoms with Crippen molar-refractivity contribution < 1.29 is 4.74 Å². The summed E-state index contributed by atoms with van der Waals surface area (Å²) in [6, 6.07) is 2.07. The van der Waals surface area contributed by atoms with E-state index >= 15 is 0 Å². The minimum absolute atomic E-state index is 0.688. The summed E-state index contributed by atoms with van der Waals surface area (Å²) in [6.07, 6.45) is 1.85. The number of hydrogen-bond acceptors (Lipinski definition) is 2. The lowest BCUT2D eigenvalue weighted by Crippen LogP contribution is -2.26. The molecule has 12 heavy (non-hydrogen) atoms. The van der Waals surface area contributed by atoms with E-state index in [1.54, 1.807) is 6.92 Å². The van der Waals surface area contributed by atoms with Crippen LogP contribution in [-0.2, 0) is 4.74 Å². The van der Waals surface area contributed by atoms with Crippen LogP contribution in [0.4, 0.5) is 0 Å². The highest BCUT2D eigenvalue weighted by Crippen LogP contribution is 2.20. The molecule has 0 aromatic heterocycles. The predicted octanol–water partition coefficient (Wildman–Crippen LogP) is 2.44. The van der Waals surface area contributed by atoms with E-state index in [0.29, 0.717) is 5.57 Å². The maximum absolute atomic E-state index is 8.80. The third-order valence-corrected chi connectivity index (χ3v) is 1.70. The van der Waals surface area contributed by atoms with Crippen LogP contribution in [-0.4, -0.2) is 12.7 Å². The maximum Gasteiger partial charge on any atom is 0.175 e. The Kier molecular flexibility index (Phi) is 3.72. The van der Waals surface area contributed by atoms with Gasteiger partial charge in [0.1, 0.15) is 6.07 Å². The van der Waals surface area contributed by atoms with Crippen LogP contribution in [0.5, 0.6) is 0 Å². The van der Waals surface area contributed by atoms with Gasteiger partial charge in [0, 0.05) is 7.11 Å². The summed E-state index contributed by atoms with van der Waals surface area (Å²) in [5, 5.41) is 8.80. The lowest BCUT2D eigenvalue weighted by atomic mass is 9.97. The molecule has 0 radical (unpaired) electrons. The van der Waals surface area contributed by atoms with Gasteiger partial charge in [0.2, 0.25) is 0 Å². The SMILES string of the molecule is C=C(C=C(C)C)C(C)(C#N)OC. The van der Waals surface area contributed by atoms with Crippen LogP contribution in [0, 0.1) is 11.3 Å². The van der Waals surface area contributed by atoms with Gasteiger partial charge in [-0.05, 0) is 26.3 Å². The fourth-order valence-corrected chi connectivity index (χ4v) is 0.735. The number of nitrogens with zero attached hydrogens (tertiary/aromatic N) is 1. The van der Waals surface area contributed by atoms with Gasteiger partial charge in [-0.2, -0.15) is 5.26 Å². The van der Waals surface area contributed by atoms with Gasteiger partial charge in [0.05, 0.1) is 0 Å². The molecule has 0 saturated carbocycles. The predicted molar refractivity (Wildman–Crippen MR) is 49.6 cm³/mol. The molecular formula is C10H15NO. The topological polar surface area (TPSA) is 33.0 Å². The highest BCUT2D eigenvalue weighted by atomic mass is 16.5. The summed E-state index contributed by atoms with van der Waals surface area (Å²) < 4.78 is 5.04. The zero-order valence-electron chi connectivity index (χ0n) is 8.14. The third kappa shape index (κ3) is 2.52. The molecule has 0 aliphatic carbocycles. The Labute approximate surface area is 74.2 Å². The molecule has 66 valence electrons. The second-order valence-electron chi connectivity index (χ2n) is 3.10. The molecule has 0 aliphatic heterocycles. The van der Waals surface area contributed by atoms with Gasteiger partial charge in [0.15, 0.2) is 5.60 Å². The Morgan fingerprint density at radius 1 is 1.58 bits per heavy atom. The number of nitriles is 1. The summed E-state index contributed by atoms with van der Waals surface area (Å²) in [7, 11) is 1.51. The standard InChI is InChI=1S/C10H15NO/c1-8(2)6-9(3)10(4,7-11)12-5/h6H,3H2,1-2,4-5H3. The highest BCUT2D eigenvalue weighted by molar-refractivity contribution is 5.33. The minimum Gasteiger partial charge on any atom is -0.359 e. The van der Waals surface area contributed by atoms with Crippen LogP contribution < -0.4 is 0 Å². The van der Waals surface area contributed by atoms with Crippen molar-refractivity contribution in [3.05, 3.63) is 23.8 Å². The average Bonchev–Trinajstić information content (AvgIpc) is 2.02. The van der Waals surface area contributed by atoms with E-state index in [2.05, 4.69) is 12.6 Å². The van der Waals surface area contributed by atoms with Crippen molar-refractivity contribution in [3.63, 3.8) is 0 Å². The average molecular weight is 165 g/mol. The molecule has 0 rings (SSSR count). The largest absolute Gasteiger partial charge is 0.359 e. The monoisotopic (exact) mass is 165 g/mol. The molecule has 2 nitrogen and oxygen atoms in total. The first-order valence-corrected chi connectivity index (χ1v) is 3.77. The van der Waals surface area contributed by atoms with Gasteiger partial charge in [-0.3, -0.25) is 0 Å². The zero-order chi connectivity index (χ0) is 9.78. The molecule has 0 fully saturated rings. The van der Waals surface area contributed by atoms with E-state index in [9.17, 15) is 0 Å². The first kappa shape index (κ1) is 10.9. The van der Waals surface area contributed by atoms with E-state index < -0.39 is 5.60 Å². The first-order chi connectivity index (χ1) is 5.46. The second kappa shape index (κ2) is 4.08. The van der Waals surface area contributed by atoms with Gasteiger partial charge in [-0.15, -0.1) is 0 Å². The normalized spacial score (nSPS) is 14.2. The molecule has 0 bridgehead atoms. The minimum atomic E-state index is -0.892. The lowest BCUT2D eigenvalue weighted by Gasteiger charge is -2.20.